The molecule has 2 N–H and O–H groups in total. The van der Waals surface area contributed by atoms with Gasteiger partial charge in [0.1, 0.15) is 0 Å². The number of ether oxygens (including phenoxy) is 1. The first-order valence-electron chi connectivity index (χ1n) is 6.25. The molecule has 2 aromatic heterocycles. The van der Waals surface area contributed by atoms with Crippen LogP contribution in [0.4, 0.5) is 0 Å². The molecule has 2 heterocycles. The quantitative estimate of drug-likeness (QED) is 0.741. The van der Waals surface area contributed by atoms with Gasteiger partial charge in [-0.2, -0.15) is 0 Å². The van der Waals surface area contributed by atoms with Crippen molar-refractivity contribution in [3.05, 3.63) is 29.3 Å². The van der Waals surface area contributed by atoms with Crippen LogP contribution in [-0.4, -0.2) is 43.8 Å². The Kier molecular flexibility index (Phi) is 5.47. The van der Waals surface area contributed by atoms with E-state index < -0.39 is 5.91 Å². The summed E-state index contributed by atoms with van der Waals surface area (Å²) < 4.78 is 9.90. The number of rotatable bonds is 7. The first-order valence-corrected chi connectivity index (χ1v) is 7.13. The highest BCUT2D eigenvalue weighted by Crippen LogP contribution is 2.24. The Labute approximate surface area is 125 Å². The summed E-state index contributed by atoms with van der Waals surface area (Å²) >= 11 is 1.49. The van der Waals surface area contributed by atoms with Crippen molar-refractivity contribution in [3.63, 3.8) is 0 Å². The summed E-state index contributed by atoms with van der Waals surface area (Å²) in [5, 5.41) is 10.7. The van der Waals surface area contributed by atoms with Crippen molar-refractivity contribution >= 4 is 23.2 Å². The number of nitrogens with zero attached hydrogens (tertiary/aromatic N) is 1. The molecule has 0 aromatic carbocycles. The third-order valence-corrected chi connectivity index (χ3v) is 3.43. The summed E-state index contributed by atoms with van der Waals surface area (Å²) in [7, 11) is 1.55. The number of hydrogen-bond acceptors (Lipinski definition) is 6. The maximum absolute atomic E-state index is 11.8. The predicted molar refractivity (Wildman–Crippen MR) is 77.0 cm³/mol. The number of carbonyl (C=O) groups is 2. The Balaban J connectivity index is 1.82. The number of nitrogens with one attached hydrogen (secondary N) is 2. The van der Waals surface area contributed by atoms with Gasteiger partial charge in [-0.3, -0.25) is 9.59 Å². The van der Waals surface area contributed by atoms with Crippen LogP contribution in [0, 0.1) is 0 Å². The fourth-order valence-corrected chi connectivity index (χ4v) is 2.20. The fourth-order valence-electron chi connectivity index (χ4n) is 1.52. The van der Waals surface area contributed by atoms with Gasteiger partial charge >= 0.3 is 0 Å². The van der Waals surface area contributed by atoms with Crippen molar-refractivity contribution in [1.29, 1.82) is 0 Å². The first-order chi connectivity index (χ1) is 10.2. The molecule has 0 saturated carbocycles. The molecule has 7 nitrogen and oxygen atoms in total. The molecule has 0 spiro atoms. The van der Waals surface area contributed by atoms with Crippen LogP contribution in [0.1, 0.15) is 10.5 Å². The third-order valence-electron chi connectivity index (χ3n) is 2.54. The first kappa shape index (κ1) is 15.2. The van der Waals surface area contributed by atoms with E-state index in [1.807, 2.05) is 17.5 Å². The van der Waals surface area contributed by atoms with Crippen LogP contribution in [-0.2, 0) is 9.53 Å². The summed E-state index contributed by atoms with van der Waals surface area (Å²) in [6.45, 7) is 0.703. The van der Waals surface area contributed by atoms with Gasteiger partial charge in [-0.25, -0.2) is 0 Å². The van der Waals surface area contributed by atoms with Gasteiger partial charge in [0.25, 0.3) is 5.91 Å². The molecule has 0 unspecified atom stereocenters. The molecule has 0 fully saturated rings. The molecule has 0 saturated heterocycles. The molecule has 0 aliphatic carbocycles. The zero-order chi connectivity index (χ0) is 15.1. The molecular weight excluding hydrogens is 294 g/mol. The maximum atomic E-state index is 11.8. The van der Waals surface area contributed by atoms with E-state index in [-0.39, 0.29) is 18.1 Å². The van der Waals surface area contributed by atoms with Crippen LogP contribution >= 0.6 is 11.3 Å². The Bertz CT molecular complexity index is 594. The monoisotopic (exact) mass is 309 g/mol. The average molecular weight is 309 g/mol. The number of thiophene rings is 1. The zero-order valence-electron chi connectivity index (χ0n) is 11.4. The summed E-state index contributed by atoms with van der Waals surface area (Å²) in [5.41, 5.74) is 0.142. The highest BCUT2D eigenvalue weighted by Gasteiger charge is 2.14. The lowest BCUT2D eigenvalue weighted by atomic mass is 10.3. The van der Waals surface area contributed by atoms with Crippen molar-refractivity contribution in [2.24, 2.45) is 0 Å². The Morgan fingerprint density at radius 3 is 3.00 bits per heavy atom. The Hall–Kier alpha value is -2.19. The smallest absolute Gasteiger partial charge is 0.273 e. The van der Waals surface area contributed by atoms with Crippen molar-refractivity contribution in [2.45, 2.75) is 0 Å². The number of aromatic nitrogens is 1. The van der Waals surface area contributed by atoms with E-state index in [4.69, 9.17) is 9.26 Å². The third kappa shape index (κ3) is 4.40. The largest absolute Gasteiger partial charge is 0.383 e. The Morgan fingerprint density at radius 2 is 2.29 bits per heavy atom. The second-order valence-electron chi connectivity index (χ2n) is 4.08. The Morgan fingerprint density at radius 1 is 1.43 bits per heavy atom. The minimum Gasteiger partial charge on any atom is -0.383 e. The number of amides is 2. The fraction of sp³-hybridized carbons (Fsp3) is 0.308. The van der Waals surface area contributed by atoms with E-state index in [1.54, 1.807) is 13.2 Å². The van der Waals surface area contributed by atoms with E-state index in [9.17, 15) is 9.59 Å². The summed E-state index contributed by atoms with van der Waals surface area (Å²) in [6.07, 6.45) is 0. The molecule has 8 heteroatoms. The van der Waals surface area contributed by atoms with E-state index in [1.165, 1.54) is 11.3 Å². The van der Waals surface area contributed by atoms with Crippen LogP contribution in [0.3, 0.4) is 0 Å². The molecule has 0 aliphatic heterocycles. The molecular formula is C13H15N3O4S. The molecule has 112 valence electrons. The summed E-state index contributed by atoms with van der Waals surface area (Å²) in [5.74, 6) is -0.217. The van der Waals surface area contributed by atoms with Gasteiger partial charge in [0.2, 0.25) is 5.91 Å². The molecule has 2 aromatic rings. The normalized spacial score (nSPS) is 10.3. The van der Waals surface area contributed by atoms with E-state index in [2.05, 4.69) is 15.8 Å². The van der Waals surface area contributed by atoms with Crippen LogP contribution in [0.15, 0.2) is 28.1 Å². The molecule has 0 radical (unpaired) electrons. The highest BCUT2D eigenvalue weighted by molar-refractivity contribution is 7.13. The van der Waals surface area contributed by atoms with E-state index in [0.717, 1.165) is 4.88 Å². The second kappa shape index (κ2) is 7.55. The highest BCUT2D eigenvalue weighted by atomic mass is 32.1. The van der Waals surface area contributed by atoms with Gasteiger partial charge < -0.3 is 19.9 Å². The van der Waals surface area contributed by atoms with Crippen LogP contribution in [0.25, 0.3) is 10.6 Å². The van der Waals surface area contributed by atoms with Crippen molar-refractivity contribution in [2.75, 3.05) is 26.8 Å². The topological polar surface area (TPSA) is 93.5 Å². The SMILES string of the molecule is COCCNC(=O)CNC(=O)c1cc(-c2cccs2)on1. The molecule has 0 bridgehead atoms. The van der Waals surface area contributed by atoms with Crippen LogP contribution in [0.2, 0.25) is 0 Å². The van der Waals surface area contributed by atoms with Gasteiger partial charge in [0.05, 0.1) is 18.0 Å². The van der Waals surface area contributed by atoms with Crippen molar-refractivity contribution in [1.82, 2.24) is 15.8 Å². The van der Waals surface area contributed by atoms with Crippen LogP contribution in [0.5, 0.6) is 0 Å². The van der Waals surface area contributed by atoms with Gasteiger partial charge in [0, 0.05) is 19.7 Å². The lowest BCUT2D eigenvalue weighted by Crippen LogP contribution is -2.38. The van der Waals surface area contributed by atoms with Crippen molar-refractivity contribution < 1.29 is 18.8 Å². The van der Waals surface area contributed by atoms with Gasteiger partial charge in [-0.05, 0) is 11.4 Å². The van der Waals surface area contributed by atoms with Crippen LogP contribution < -0.4 is 10.6 Å². The number of carbonyl (C=O) groups excluding carboxylic acids is 2. The molecule has 0 aliphatic rings. The standard InChI is InChI=1S/C13H15N3O4S/c1-19-5-4-14-12(17)8-15-13(18)9-7-10(20-16-9)11-3-2-6-21-11/h2-3,6-7H,4-5,8H2,1H3,(H,14,17)(H,15,18). The maximum Gasteiger partial charge on any atom is 0.273 e. The molecule has 21 heavy (non-hydrogen) atoms. The number of methoxy groups -OCH3 is 1. The van der Waals surface area contributed by atoms with Gasteiger partial charge in [-0.1, -0.05) is 11.2 Å². The predicted octanol–water partition coefficient (Wildman–Crippen LogP) is 0.896. The average Bonchev–Trinajstić information content (AvgIpc) is 3.15. The van der Waals surface area contributed by atoms with Gasteiger partial charge in [0.15, 0.2) is 11.5 Å². The lowest BCUT2D eigenvalue weighted by Gasteiger charge is -2.04. The molecule has 2 amide bonds. The minimum absolute atomic E-state index is 0.121. The van der Waals surface area contributed by atoms with E-state index in [0.29, 0.717) is 18.9 Å². The second-order valence-corrected chi connectivity index (χ2v) is 5.03. The minimum atomic E-state index is -0.455. The zero-order valence-corrected chi connectivity index (χ0v) is 12.2. The number of hydrogen-bond donors (Lipinski definition) is 2. The molecule has 0 atom stereocenters. The summed E-state index contributed by atoms with van der Waals surface area (Å²) in [6, 6.07) is 5.30. The van der Waals surface area contributed by atoms with Crippen molar-refractivity contribution in [3.8, 4) is 10.6 Å². The summed E-state index contributed by atoms with van der Waals surface area (Å²) in [4.78, 5) is 24.1. The van der Waals surface area contributed by atoms with Gasteiger partial charge in [-0.15, -0.1) is 11.3 Å². The lowest BCUT2D eigenvalue weighted by molar-refractivity contribution is -0.120. The van der Waals surface area contributed by atoms with E-state index >= 15 is 0 Å². The molecule has 2 rings (SSSR count).